The van der Waals surface area contributed by atoms with E-state index in [1.165, 1.54) is 12.3 Å². The number of aromatic carboxylic acids is 1. The summed E-state index contributed by atoms with van der Waals surface area (Å²) in [5.41, 5.74) is 0.985. The van der Waals surface area contributed by atoms with Crippen LogP contribution in [0.1, 0.15) is 21.6 Å². The molecule has 6 heteroatoms. The van der Waals surface area contributed by atoms with E-state index in [0.717, 1.165) is 3.57 Å². The molecule has 0 saturated carbocycles. The van der Waals surface area contributed by atoms with Crippen LogP contribution in [-0.2, 0) is 6.61 Å². The summed E-state index contributed by atoms with van der Waals surface area (Å²) in [6.07, 6.45) is 1.52. The molecule has 0 atom stereocenters. The molecule has 0 radical (unpaired) electrons. The smallest absolute Gasteiger partial charge is 0.339 e. The van der Waals surface area contributed by atoms with Gasteiger partial charge in [0.25, 0.3) is 0 Å². The number of carboxylic acid groups (broad SMARTS) is 1. The lowest BCUT2D eigenvalue weighted by atomic mass is 10.2. The highest BCUT2D eigenvalue weighted by atomic mass is 127. The summed E-state index contributed by atoms with van der Waals surface area (Å²) in [6.45, 7) is 0.0948. The average molecular weight is 380 g/mol. The molecule has 0 saturated heterocycles. The van der Waals surface area contributed by atoms with Crippen molar-refractivity contribution in [2.24, 2.45) is 0 Å². The van der Waals surface area contributed by atoms with Crippen LogP contribution in [0.25, 0.3) is 0 Å². The number of nitriles is 1. The Bertz CT molecular complexity index is 695. The second kappa shape index (κ2) is 6.34. The van der Waals surface area contributed by atoms with E-state index in [9.17, 15) is 4.79 Å². The molecule has 1 aromatic carbocycles. The van der Waals surface area contributed by atoms with Gasteiger partial charge in [0.2, 0.25) is 0 Å². The standard InChI is InChI=1S/C14H9IN2O3/c15-10-3-4-13(11(6-10)14(18)19)20-8-9-2-1-5-17-12(9)7-16/h1-6H,8H2,(H,18,19). The number of benzene rings is 1. The summed E-state index contributed by atoms with van der Waals surface area (Å²) < 4.78 is 6.32. The Morgan fingerprint density at radius 2 is 2.25 bits per heavy atom. The van der Waals surface area contributed by atoms with Crippen molar-refractivity contribution in [3.8, 4) is 11.8 Å². The maximum atomic E-state index is 11.2. The SMILES string of the molecule is N#Cc1ncccc1COc1ccc(I)cc1C(=O)O. The van der Waals surface area contributed by atoms with Crippen molar-refractivity contribution in [3.05, 3.63) is 56.9 Å². The predicted molar refractivity (Wildman–Crippen MR) is 79.4 cm³/mol. The summed E-state index contributed by atoms with van der Waals surface area (Å²) in [5, 5.41) is 18.1. The number of rotatable bonds is 4. The molecule has 1 N–H and O–H groups in total. The summed E-state index contributed by atoms with van der Waals surface area (Å²) in [4.78, 5) is 15.1. The molecule has 0 unspecified atom stereocenters. The van der Waals surface area contributed by atoms with Crippen LogP contribution in [0.5, 0.6) is 5.75 Å². The number of aromatic nitrogens is 1. The first-order valence-corrected chi connectivity index (χ1v) is 6.69. The van der Waals surface area contributed by atoms with Crippen LogP contribution in [0.15, 0.2) is 36.5 Å². The van der Waals surface area contributed by atoms with E-state index in [4.69, 9.17) is 15.1 Å². The van der Waals surface area contributed by atoms with E-state index in [0.29, 0.717) is 5.56 Å². The minimum Gasteiger partial charge on any atom is -0.488 e. The van der Waals surface area contributed by atoms with Crippen LogP contribution >= 0.6 is 22.6 Å². The number of carbonyl (C=O) groups is 1. The Labute approximate surface area is 129 Å². The van der Waals surface area contributed by atoms with Gasteiger partial charge in [-0.25, -0.2) is 9.78 Å². The van der Waals surface area contributed by atoms with Crippen molar-refractivity contribution in [2.75, 3.05) is 0 Å². The van der Waals surface area contributed by atoms with Crippen molar-refractivity contribution >= 4 is 28.6 Å². The first-order chi connectivity index (χ1) is 9.61. The largest absolute Gasteiger partial charge is 0.488 e. The molecule has 0 fully saturated rings. The van der Waals surface area contributed by atoms with Crippen LogP contribution in [-0.4, -0.2) is 16.1 Å². The lowest BCUT2D eigenvalue weighted by molar-refractivity contribution is 0.0691. The normalized spacial score (nSPS) is 9.80. The minimum absolute atomic E-state index is 0.0948. The van der Waals surface area contributed by atoms with Crippen molar-refractivity contribution in [1.82, 2.24) is 4.98 Å². The Morgan fingerprint density at radius 3 is 2.95 bits per heavy atom. The molecule has 1 heterocycles. The third kappa shape index (κ3) is 3.24. The van der Waals surface area contributed by atoms with Gasteiger partial charge in [0.15, 0.2) is 0 Å². The van der Waals surface area contributed by atoms with Crippen molar-refractivity contribution in [3.63, 3.8) is 0 Å². The lowest BCUT2D eigenvalue weighted by Gasteiger charge is -2.10. The van der Waals surface area contributed by atoms with Gasteiger partial charge in [0, 0.05) is 15.3 Å². The van der Waals surface area contributed by atoms with Crippen LogP contribution in [0.2, 0.25) is 0 Å². The van der Waals surface area contributed by atoms with Crippen LogP contribution in [0, 0.1) is 14.9 Å². The fourth-order valence-corrected chi connectivity index (χ4v) is 2.10. The van der Waals surface area contributed by atoms with Crippen molar-refractivity contribution < 1.29 is 14.6 Å². The maximum Gasteiger partial charge on any atom is 0.339 e. The Hall–Kier alpha value is -2.14. The van der Waals surface area contributed by atoms with Gasteiger partial charge >= 0.3 is 5.97 Å². The molecule has 0 aliphatic heterocycles. The Morgan fingerprint density at radius 1 is 1.45 bits per heavy atom. The summed E-state index contributed by atoms with van der Waals surface area (Å²) in [5.74, 6) is -0.782. The number of carboxylic acids is 1. The van der Waals surface area contributed by atoms with E-state index < -0.39 is 5.97 Å². The highest BCUT2D eigenvalue weighted by molar-refractivity contribution is 14.1. The van der Waals surface area contributed by atoms with E-state index in [2.05, 4.69) is 4.98 Å². The van der Waals surface area contributed by atoms with Gasteiger partial charge in [-0.3, -0.25) is 0 Å². The van der Waals surface area contributed by atoms with Gasteiger partial charge in [-0.1, -0.05) is 6.07 Å². The Kier molecular flexibility index (Phi) is 4.53. The molecule has 2 aromatic rings. The zero-order valence-electron chi connectivity index (χ0n) is 10.2. The van der Waals surface area contributed by atoms with Crippen molar-refractivity contribution in [2.45, 2.75) is 6.61 Å². The monoisotopic (exact) mass is 380 g/mol. The minimum atomic E-state index is -1.05. The summed E-state index contributed by atoms with van der Waals surface area (Å²) in [6, 6.07) is 10.3. The zero-order valence-corrected chi connectivity index (χ0v) is 12.4. The van der Waals surface area contributed by atoms with Crippen molar-refractivity contribution in [1.29, 1.82) is 5.26 Å². The number of ether oxygens (including phenoxy) is 1. The molecular formula is C14H9IN2O3. The van der Waals surface area contributed by atoms with Gasteiger partial charge in [0.1, 0.15) is 29.7 Å². The fourth-order valence-electron chi connectivity index (χ4n) is 1.61. The van der Waals surface area contributed by atoms with Gasteiger partial charge in [-0.05, 0) is 46.9 Å². The van der Waals surface area contributed by atoms with Gasteiger partial charge in [-0.2, -0.15) is 5.26 Å². The maximum absolute atomic E-state index is 11.2. The number of hydrogen-bond acceptors (Lipinski definition) is 4. The quantitative estimate of drug-likeness (QED) is 0.825. The molecule has 0 amide bonds. The highest BCUT2D eigenvalue weighted by Crippen LogP contribution is 2.22. The Balaban J connectivity index is 2.24. The first kappa shape index (κ1) is 14.3. The molecule has 1 aromatic heterocycles. The fraction of sp³-hybridized carbons (Fsp3) is 0.0714. The molecule has 0 aliphatic carbocycles. The molecular weight excluding hydrogens is 371 g/mol. The number of halogens is 1. The van der Waals surface area contributed by atoms with Crippen LogP contribution in [0.3, 0.4) is 0 Å². The first-order valence-electron chi connectivity index (χ1n) is 5.61. The van der Waals surface area contributed by atoms with Crippen LogP contribution in [0.4, 0.5) is 0 Å². The van der Waals surface area contributed by atoms with E-state index in [1.807, 2.05) is 28.7 Å². The molecule has 5 nitrogen and oxygen atoms in total. The van der Waals surface area contributed by atoms with Gasteiger partial charge < -0.3 is 9.84 Å². The average Bonchev–Trinajstić information content (AvgIpc) is 2.46. The molecule has 100 valence electrons. The summed E-state index contributed by atoms with van der Waals surface area (Å²) >= 11 is 2.03. The topological polar surface area (TPSA) is 83.2 Å². The molecule has 0 aliphatic rings. The second-order valence-electron chi connectivity index (χ2n) is 3.86. The molecule has 20 heavy (non-hydrogen) atoms. The third-order valence-electron chi connectivity index (χ3n) is 2.55. The van der Waals surface area contributed by atoms with Crippen LogP contribution < -0.4 is 4.74 Å². The predicted octanol–water partition coefficient (Wildman–Crippen LogP) is 2.84. The van der Waals surface area contributed by atoms with E-state index in [1.54, 1.807) is 24.3 Å². The number of pyridine rings is 1. The molecule has 0 spiro atoms. The highest BCUT2D eigenvalue weighted by Gasteiger charge is 2.12. The van der Waals surface area contributed by atoms with E-state index >= 15 is 0 Å². The lowest BCUT2D eigenvalue weighted by Crippen LogP contribution is -2.05. The number of nitrogens with zero attached hydrogens (tertiary/aromatic N) is 2. The zero-order chi connectivity index (χ0) is 14.5. The molecule has 0 bridgehead atoms. The van der Waals surface area contributed by atoms with E-state index in [-0.39, 0.29) is 23.6 Å². The third-order valence-corrected chi connectivity index (χ3v) is 3.22. The second-order valence-corrected chi connectivity index (χ2v) is 5.10. The summed E-state index contributed by atoms with van der Waals surface area (Å²) in [7, 11) is 0. The molecule has 2 rings (SSSR count). The number of hydrogen-bond donors (Lipinski definition) is 1. The van der Waals surface area contributed by atoms with Gasteiger partial charge in [-0.15, -0.1) is 0 Å². The van der Waals surface area contributed by atoms with Gasteiger partial charge in [0.05, 0.1) is 0 Å².